The molecule has 228 valence electrons. The molecule has 19 heteroatoms. The lowest BCUT2D eigenvalue weighted by molar-refractivity contribution is 0.370. The fraction of sp³-hybridized carbons (Fsp3) is 0.600. The second-order valence-electron chi connectivity index (χ2n) is 7.72. The van der Waals surface area contributed by atoms with Crippen molar-refractivity contribution in [1.82, 2.24) is 28.9 Å². The molecule has 0 aliphatic carbocycles. The van der Waals surface area contributed by atoms with E-state index < -0.39 is 39.1 Å². The maximum atomic E-state index is 12.0. The summed E-state index contributed by atoms with van der Waals surface area (Å²) in [7, 11) is -10.3. The Bertz CT molecular complexity index is 1060. The highest BCUT2D eigenvalue weighted by atomic mass is 35.7. The Morgan fingerprint density at radius 2 is 0.641 bits per heavy atom. The summed E-state index contributed by atoms with van der Waals surface area (Å²) < 4.78 is 94.4. The molecule has 0 saturated carbocycles. The molecule has 0 radical (unpaired) electrons. The van der Waals surface area contributed by atoms with E-state index >= 15 is 0 Å². The third-order valence-electron chi connectivity index (χ3n) is 5.14. The van der Waals surface area contributed by atoms with E-state index in [-0.39, 0.29) is 39.3 Å². The van der Waals surface area contributed by atoms with Crippen LogP contribution in [0.5, 0.6) is 0 Å². The summed E-state index contributed by atoms with van der Waals surface area (Å²) in [5.74, 6) is 0. The van der Waals surface area contributed by atoms with Gasteiger partial charge in [-0.2, -0.15) is 12.9 Å². The molecule has 0 bridgehead atoms. The predicted molar refractivity (Wildman–Crippen MR) is 156 cm³/mol. The minimum absolute atomic E-state index is 0.122. The van der Waals surface area contributed by atoms with Crippen molar-refractivity contribution >= 4 is 49.8 Å². The summed E-state index contributed by atoms with van der Waals surface area (Å²) in [6.45, 7) is 18.5. The molecule has 2 rings (SSSR count). The number of hydrogen-bond donors (Lipinski definition) is 3. The highest BCUT2D eigenvalue weighted by molar-refractivity contribution is 8.16. The van der Waals surface area contributed by atoms with Crippen LogP contribution < -0.4 is 16.0 Å². The van der Waals surface area contributed by atoms with Gasteiger partial charge in [0.1, 0.15) is 0 Å². The van der Waals surface area contributed by atoms with E-state index in [9.17, 15) is 33.7 Å². The van der Waals surface area contributed by atoms with Gasteiger partial charge in [0.15, 0.2) is 0 Å². The number of halogens is 1. The molecule has 2 aliphatic heterocycles. The van der Waals surface area contributed by atoms with Crippen molar-refractivity contribution in [3.8, 4) is 0 Å². The highest BCUT2D eigenvalue weighted by Gasteiger charge is 2.29. The van der Waals surface area contributed by atoms with Gasteiger partial charge in [-0.3, -0.25) is 0 Å². The Hall–Kier alpha value is -1.19. The lowest BCUT2D eigenvalue weighted by Crippen LogP contribution is -2.40. The third kappa shape index (κ3) is 16.0. The van der Waals surface area contributed by atoms with Crippen molar-refractivity contribution in [1.29, 1.82) is 0 Å². The Morgan fingerprint density at radius 1 is 0.462 bits per heavy atom. The molecule has 0 amide bonds. The first-order valence-electron chi connectivity index (χ1n) is 11.6. The van der Waals surface area contributed by atoms with Gasteiger partial charge in [-0.25, -0.2) is 33.7 Å². The van der Waals surface area contributed by atoms with Gasteiger partial charge < -0.3 is 16.0 Å². The van der Waals surface area contributed by atoms with E-state index in [0.29, 0.717) is 5.41 Å². The zero-order valence-electron chi connectivity index (χ0n) is 21.7. The molecule has 2 fully saturated rings. The zero-order valence-corrected chi connectivity index (χ0v) is 25.8. The largest absolute Gasteiger partial charge is 0.314 e. The number of hydrogen-bond acceptors (Lipinski definition) is 11. The second kappa shape index (κ2) is 18.3. The topological polar surface area (TPSA) is 182 Å². The molecule has 3 N–H and O–H groups in total. The van der Waals surface area contributed by atoms with E-state index in [1.165, 1.54) is 0 Å². The van der Waals surface area contributed by atoms with Gasteiger partial charge in [0.05, 0.1) is 0 Å². The van der Waals surface area contributed by atoms with Gasteiger partial charge >= 0.3 is 0 Å². The summed E-state index contributed by atoms with van der Waals surface area (Å²) in [5.41, 5.74) is 0. The Labute approximate surface area is 238 Å². The van der Waals surface area contributed by atoms with Gasteiger partial charge in [-0.15, -0.1) is 0 Å². The van der Waals surface area contributed by atoms with E-state index in [1.807, 2.05) is 0 Å². The molecule has 0 atom stereocenters. The quantitative estimate of drug-likeness (QED) is 0.280. The van der Waals surface area contributed by atoms with Crippen LogP contribution in [-0.2, 0) is 39.1 Å². The van der Waals surface area contributed by atoms with Crippen molar-refractivity contribution in [2.45, 2.75) is 0 Å². The fourth-order valence-electron chi connectivity index (χ4n) is 2.99. The van der Waals surface area contributed by atoms with Crippen molar-refractivity contribution in [2.75, 3.05) is 78.5 Å². The van der Waals surface area contributed by atoms with Crippen molar-refractivity contribution in [3.05, 3.63) is 47.9 Å². The molecule has 0 aromatic heterocycles. The first kappa shape index (κ1) is 37.8. The van der Waals surface area contributed by atoms with Gasteiger partial charge in [0, 0.05) is 111 Å². The highest BCUT2D eigenvalue weighted by Crippen LogP contribution is 2.12. The molecule has 0 aromatic rings. The number of nitrogens with one attached hydrogen (secondary N) is 3. The number of nitrogens with zero attached hydrogens (tertiary/aromatic N) is 3. The fourth-order valence-corrected chi connectivity index (χ4v) is 5.64. The minimum atomic E-state index is -3.83. The van der Waals surface area contributed by atoms with E-state index in [2.05, 4.69) is 52.9 Å². The van der Waals surface area contributed by atoms with E-state index in [1.54, 1.807) is 0 Å². The Balaban J connectivity index is 0.000000780. The SMILES string of the molecule is C1CNCCNCCN1.C=CS(=O)(=O)Cl.C=CS(=O)(=O)N1CCN(S(=O)(=O)C=C)CCN(S(=O)(=O)C=C)CC1. The monoisotopic (exact) mass is 654 g/mol. The zero-order chi connectivity index (χ0) is 30.2. The van der Waals surface area contributed by atoms with Crippen LogP contribution in [0.2, 0.25) is 0 Å². The Kier molecular flexibility index (Phi) is 17.7. The van der Waals surface area contributed by atoms with Crippen molar-refractivity contribution in [3.63, 3.8) is 0 Å². The standard InChI is InChI=1S/C12H21N3O6S3.C6H15N3.C2H3ClO2S/c1-4-22(16,17)13-7-9-14(23(18,19)5-2)11-12-15(10-8-13)24(20,21)6-3;1-2-8-5-6-9-4-3-7-1;1-2-6(3,4)5/h4-6H,1-3,7-12H2;7-9H,1-6H2;2H,1H2. The lowest BCUT2D eigenvalue weighted by atomic mass is 10.5. The molecule has 0 unspecified atom stereocenters. The number of rotatable bonds is 7. The van der Waals surface area contributed by atoms with Crippen molar-refractivity contribution < 1.29 is 33.7 Å². The van der Waals surface area contributed by atoms with Gasteiger partial charge in [-0.1, -0.05) is 26.3 Å². The molecule has 39 heavy (non-hydrogen) atoms. The maximum absolute atomic E-state index is 12.0. The molecule has 0 aromatic carbocycles. The first-order chi connectivity index (χ1) is 18.1. The minimum Gasteiger partial charge on any atom is -0.314 e. The van der Waals surface area contributed by atoms with Crippen LogP contribution in [0.4, 0.5) is 0 Å². The maximum Gasteiger partial charge on any atom is 0.253 e. The lowest BCUT2D eigenvalue weighted by Gasteiger charge is -2.22. The Morgan fingerprint density at radius 3 is 0.769 bits per heavy atom. The van der Waals surface area contributed by atoms with Gasteiger partial charge in [-0.05, 0) is 0 Å². The smallest absolute Gasteiger partial charge is 0.253 e. The van der Waals surface area contributed by atoms with Crippen molar-refractivity contribution in [2.24, 2.45) is 0 Å². The predicted octanol–water partition coefficient (Wildman–Crippen LogP) is -1.21. The molecule has 2 aliphatic rings. The number of sulfonamides is 3. The third-order valence-corrected chi connectivity index (χ3v) is 10.4. The summed E-state index contributed by atoms with van der Waals surface area (Å²) in [6, 6.07) is 0. The normalized spacial score (nSPS) is 19.8. The molecule has 2 heterocycles. The molecular formula is C20H39ClN6O8S4. The van der Waals surface area contributed by atoms with Crippen LogP contribution in [0.3, 0.4) is 0 Å². The first-order valence-corrected chi connectivity index (χ1v) is 18.5. The van der Waals surface area contributed by atoms with Gasteiger partial charge in [0.2, 0.25) is 30.1 Å². The van der Waals surface area contributed by atoms with Crippen LogP contribution >= 0.6 is 10.7 Å². The summed E-state index contributed by atoms with van der Waals surface area (Å²) >= 11 is 0. The van der Waals surface area contributed by atoms with Crippen LogP contribution in [0.1, 0.15) is 0 Å². The van der Waals surface area contributed by atoms with Crippen LogP contribution in [0.25, 0.3) is 0 Å². The summed E-state index contributed by atoms with van der Waals surface area (Å²) in [6.07, 6.45) is 0. The summed E-state index contributed by atoms with van der Waals surface area (Å²) in [4.78, 5) is 0. The van der Waals surface area contributed by atoms with Gasteiger partial charge in [0.25, 0.3) is 9.05 Å². The second-order valence-corrected chi connectivity index (χ2v) is 15.9. The van der Waals surface area contributed by atoms with Crippen LogP contribution in [0, 0.1) is 0 Å². The van der Waals surface area contributed by atoms with E-state index in [4.69, 9.17) is 0 Å². The summed E-state index contributed by atoms with van der Waals surface area (Å²) in [5, 5.41) is 12.8. The van der Waals surface area contributed by atoms with E-state index in [0.717, 1.165) is 68.4 Å². The molecular weight excluding hydrogens is 616 g/mol. The van der Waals surface area contributed by atoms with Crippen LogP contribution in [-0.4, -0.2) is 125 Å². The average Bonchev–Trinajstić information content (AvgIpc) is 3.12. The molecule has 14 nitrogen and oxygen atoms in total. The molecule has 2 saturated heterocycles. The van der Waals surface area contributed by atoms with Crippen LogP contribution in [0.15, 0.2) is 47.9 Å². The average molecular weight is 655 g/mol. The molecule has 0 spiro atoms.